The first-order valence-electron chi connectivity index (χ1n) is 27.3. The molecular formula is C55H74N10O21S3. The standard InChI is InChI=1S/C55H74N10O21S3/c1-87-18-16-36(61-53(79)39(21-30-12-14-32(15-13-30)86-89(82,83)84)64-50(76)34(56)23-46(73)85-48(43(69)28-67)47(74)42(68)27-66)51(77)59-26-44(70)60-40(22-31-25-58-35-11-7-6-10-33(31)35)54(80)62-37(17-19-88-2)52(78)65-41(24-45(71)72)55(81)63-38(49(57)75)20-29-8-4-3-5-9-29/h3-15,25,34,36-43,47-48,58,66-69,74H,16-24,26-28,56H2,1-2H3,(H2,57,75)(H,59,77)(H,60,70)(H,61,79)(H,62,80)(H,63,81)(H,64,76)(H,65,78)(H,71,72)(H,82,83,84)/t34-,36-,37-,38-,39-,40-,41-,42+,43-,47+,48+/m0/s1. The summed E-state index contributed by atoms with van der Waals surface area (Å²) in [6, 6.07) is 9.17. The number of aliphatic hydroxyl groups excluding tert-OH is 5. The molecule has 1 aromatic heterocycles. The molecule has 0 bridgehead atoms. The number of para-hydroxylation sites is 1. The van der Waals surface area contributed by atoms with Gasteiger partial charge in [-0.25, -0.2) is 0 Å². The molecule has 4 aromatic rings. The van der Waals surface area contributed by atoms with Gasteiger partial charge in [0.1, 0.15) is 60.3 Å². The molecule has 19 N–H and O–H groups in total. The van der Waals surface area contributed by atoms with Gasteiger partial charge in [0.25, 0.3) is 0 Å². The number of carboxylic acids is 1. The number of ether oxygens (including phenoxy) is 1. The number of aromatic amines is 1. The number of primary amides is 1. The zero-order chi connectivity index (χ0) is 66.0. The lowest BCUT2D eigenvalue weighted by molar-refractivity contribution is -0.177. The SMILES string of the molecule is CSCC[C@H](NC(=O)[C@H](Cc1ccc(OS(=O)(=O)O)cc1)NC(=O)[C@@H](N)CC(=O)O[C@@H]([C@H](O)[C@H](O)CO)[C@@H](O)CO)C(=O)NCC(=O)N[C@@H](Cc1c[nH]c2ccccc12)C(=O)N[C@@H](CCSC)C(=O)N[C@@H](CC(=O)O)C(=O)N[C@@H](Cc1ccccc1)C(N)=O. The van der Waals surface area contributed by atoms with Crippen LogP contribution in [0.2, 0.25) is 0 Å². The molecule has 0 radical (unpaired) electrons. The number of aliphatic carboxylic acids is 1. The molecule has 31 nitrogen and oxygen atoms in total. The summed E-state index contributed by atoms with van der Waals surface area (Å²) in [6.07, 6.45) is -5.86. The maximum Gasteiger partial charge on any atom is 0.446 e. The molecule has 1 heterocycles. The lowest BCUT2D eigenvalue weighted by Crippen LogP contribution is -2.59. The number of thioether (sulfide) groups is 2. The van der Waals surface area contributed by atoms with Gasteiger partial charge in [-0.3, -0.25) is 52.5 Å². The molecule has 8 amide bonds. The number of fused-ring (bicyclic) bond motifs is 1. The van der Waals surface area contributed by atoms with Crippen molar-refractivity contribution in [3.8, 4) is 5.75 Å². The molecule has 4 rings (SSSR count). The summed E-state index contributed by atoms with van der Waals surface area (Å²) in [6.45, 7) is -2.95. The number of nitrogens with two attached hydrogens (primary N) is 2. The van der Waals surface area contributed by atoms with Crippen molar-refractivity contribution < 1.29 is 100 Å². The maximum atomic E-state index is 14.4. The number of esters is 1. The smallest absolute Gasteiger partial charge is 0.446 e. The minimum Gasteiger partial charge on any atom is -0.481 e. The van der Waals surface area contributed by atoms with E-state index in [9.17, 15) is 87.0 Å². The second-order valence-electron chi connectivity index (χ2n) is 20.1. The number of H-pyrrole nitrogens is 1. The van der Waals surface area contributed by atoms with Crippen LogP contribution in [0.4, 0.5) is 0 Å². The average Bonchev–Trinajstić information content (AvgIpc) is 3.62. The number of hydrogen-bond acceptors (Lipinski definition) is 22. The Labute approximate surface area is 518 Å². The first-order chi connectivity index (χ1) is 42.2. The topological polar surface area (TPSA) is 517 Å². The number of nitrogens with one attached hydrogen (secondary N) is 8. The number of aliphatic hydroxyl groups is 5. The van der Waals surface area contributed by atoms with Crippen molar-refractivity contribution >= 4 is 104 Å². The second kappa shape index (κ2) is 36.5. The lowest BCUT2D eigenvalue weighted by Gasteiger charge is -2.29. The Morgan fingerprint density at radius 1 is 0.607 bits per heavy atom. The molecule has 0 saturated heterocycles. The predicted octanol–water partition coefficient (Wildman–Crippen LogP) is -4.43. The van der Waals surface area contributed by atoms with E-state index in [4.69, 9.17) is 20.8 Å². The van der Waals surface area contributed by atoms with Crippen molar-refractivity contribution in [1.29, 1.82) is 0 Å². The Morgan fingerprint density at radius 3 is 1.69 bits per heavy atom. The van der Waals surface area contributed by atoms with E-state index < -0.39 is 175 Å². The summed E-state index contributed by atoms with van der Waals surface area (Å²) in [7, 11) is -4.95. The van der Waals surface area contributed by atoms with Gasteiger partial charge >= 0.3 is 22.3 Å². The van der Waals surface area contributed by atoms with Gasteiger partial charge in [-0.1, -0.05) is 60.7 Å². The fraction of sp³-hybridized carbons (Fsp3) is 0.455. The largest absolute Gasteiger partial charge is 0.481 e. The predicted molar refractivity (Wildman–Crippen MR) is 321 cm³/mol. The molecule has 0 aliphatic rings. The number of carboxylic acid groups (broad SMARTS) is 1. The molecule has 3 aromatic carbocycles. The molecule has 34 heteroatoms. The molecule has 89 heavy (non-hydrogen) atoms. The summed E-state index contributed by atoms with van der Waals surface area (Å²) < 4.78 is 41.2. The summed E-state index contributed by atoms with van der Waals surface area (Å²) in [5, 5.41) is 76.7. The van der Waals surface area contributed by atoms with E-state index in [1.54, 1.807) is 73.3 Å². The fourth-order valence-corrected chi connectivity index (χ4v) is 9.92. The summed E-state index contributed by atoms with van der Waals surface area (Å²) in [5.74, 6) is -10.8. The van der Waals surface area contributed by atoms with Gasteiger partial charge in [-0.2, -0.15) is 31.9 Å². The summed E-state index contributed by atoms with van der Waals surface area (Å²) >= 11 is 2.54. The molecule has 0 aliphatic carbocycles. The van der Waals surface area contributed by atoms with Crippen molar-refractivity contribution in [3.63, 3.8) is 0 Å². The number of hydrogen-bond donors (Lipinski definition) is 17. The van der Waals surface area contributed by atoms with Crippen LogP contribution in [0.3, 0.4) is 0 Å². The quantitative estimate of drug-likeness (QED) is 0.0148. The van der Waals surface area contributed by atoms with E-state index in [0.29, 0.717) is 22.0 Å². The van der Waals surface area contributed by atoms with E-state index in [2.05, 4.69) is 46.4 Å². The number of carbonyl (C=O) groups excluding carboxylic acids is 9. The van der Waals surface area contributed by atoms with Crippen LogP contribution < -0.4 is 52.9 Å². The van der Waals surface area contributed by atoms with Gasteiger partial charge in [0.15, 0.2) is 6.10 Å². The third-order valence-corrected chi connectivity index (χ3v) is 15.0. The van der Waals surface area contributed by atoms with Gasteiger partial charge in [-0.15, -0.1) is 0 Å². The van der Waals surface area contributed by atoms with Crippen molar-refractivity contribution in [3.05, 3.63) is 102 Å². The Kier molecular flexibility index (Phi) is 30.2. The van der Waals surface area contributed by atoms with Crippen LogP contribution in [0.1, 0.15) is 42.4 Å². The first kappa shape index (κ1) is 73.5. The van der Waals surface area contributed by atoms with Crippen molar-refractivity contribution in [1.82, 2.24) is 42.2 Å². The van der Waals surface area contributed by atoms with Crippen LogP contribution in [0.15, 0.2) is 85.1 Å². The molecule has 0 spiro atoms. The van der Waals surface area contributed by atoms with Gasteiger partial charge in [0.2, 0.25) is 47.3 Å². The Balaban J connectivity index is 1.56. The van der Waals surface area contributed by atoms with Crippen LogP contribution in [0, 0.1) is 0 Å². The number of rotatable bonds is 39. The maximum absolute atomic E-state index is 14.4. The van der Waals surface area contributed by atoms with Crippen molar-refractivity contribution in [2.45, 2.75) is 112 Å². The van der Waals surface area contributed by atoms with Gasteiger partial charge in [-0.05, 0) is 71.7 Å². The van der Waals surface area contributed by atoms with E-state index in [-0.39, 0.29) is 48.5 Å². The number of aromatic nitrogens is 1. The van der Waals surface area contributed by atoms with Crippen molar-refractivity contribution in [2.75, 3.05) is 43.8 Å². The summed E-state index contributed by atoms with van der Waals surface area (Å²) in [5.41, 5.74) is 13.6. The van der Waals surface area contributed by atoms with Crippen LogP contribution in [0.5, 0.6) is 5.75 Å². The normalized spacial score (nSPS) is 15.1. The van der Waals surface area contributed by atoms with Gasteiger partial charge < -0.3 is 93.2 Å². The third-order valence-electron chi connectivity index (χ3n) is 13.3. The average molecular weight is 1310 g/mol. The molecule has 0 saturated carbocycles. The second-order valence-corrected chi connectivity index (χ2v) is 23.1. The van der Waals surface area contributed by atoms with E-state index in [1.165, 1.54) is 35.7 Å². The highest BCUT2D eigenvalue weighted by atomic mass is 32.3. The minimum atomic E-state index is -4.95. The summed E-state index contributed by atoms with van der Waals surface area (Å²) in [4.78, 5) is 138. The minimum absolute atomic E-state index is 0.0604. The Morgan fingerprint density at radius 2 is 1.11 bits per heavy atom. The number of carbonyl (C=O) groups is 10. The number of benzene rings is 3. The van der Waals surface area contributed by atoms with Gasteiger partial charge in [0, 0.05) is 36.4 Å². The first-order valence-corrected chi connectivity index (χ1v) is 31.5. The molecule has 0 unspecified atom stereocenters. The van der Waals surface area contributed by atoms with E-state index in [0.717, 1.165) is 12.1 Å². The highest BCUT2D eigenvalue weighted by molar-refractivity contribution is 7.98. The van der Waals surface area contributed by atoms with Gasteiger partial charge in [0.05, 0.1) is 38.6 Å². The lowest BCUT2D eigenvalue weighted by atomic mass is 10.0. The molecule has 0 aliphatic heterocycles. The molecule has 488 valence electrons. The zero-order valence-corrected chi connectivity index (χ0v) is 50.6. The Bertz CT molecular complexity index is 3160. The third kappa shape index (κ3) is 24.9. The molecular weight excluding hydrogens is 1230 g/mol. The van der Waals surface area contributed by atoms with Crippen LogP contribution in [-0.2, 0) is 82.3 Å². The number of amides is 8. The highest BCUT2D eigenvalue weighted by Crippen LogP contribution is 2.21. The molecule has 0 fully saturated rings. The highest BCUT2D eigenvalue weighted by Gasteiger charge is 2.37. The zero-order valence-electron chi connectivity index (χ0n) is 48.1. The fourth-order valence-electron chi connectivity index (χ4n) is 8.63. The van der Waals surface area contributed by atoms with Crippen LogP contribution in [-0.4, -0.2) is 218 Å². The van der Waals surface area contributed by atoms with Crippen LogP contribution >= 0.6 is 23.5 Å². The molecule has 11 atom stereocenters. The van der Waals surface area contributed by atoms with Crippen LogP contribution in [0.25, 0.3) is 10.9 Å². The van der Waals surface area contributed by atoms with E-state index in [1.807, 2.05) is 0 Å². The Hall–Kier alpha value is -7.93. The van der Waals surface area contributed by atoms with Crippen molar-refractivity contribution in [2.24, 2.45) is 11.5 Å². The van der Waals surface area contributed by atoms with E-state index >= 15 is 0 Å². The monoisotopic (exact) mass is 1310 g/mol.